The smallest absolute Gasteiger partial charge is 0.0630 e. The molecule has 82 valence electrons. The number of aliphatic hydroxyl groups excluding tert-OH is 1. The Hall–Kier alpha value is -1.09. The minimum Gasteiger partial charge on any atom is -0.392 e. The van der Waals surface area contributed by atoms with E-state index < -0.39 is 0 Å². The van der Waals surface area contributed by atoms with E-state index in [-0.39, 0.29) is 11.5 Å². The highest BCUT2D eigenvalue weighted by Gasteiger charge is 2.47. The summed E-state index contributed by atoms with van der Waals surface area (Å²) in [5.74, 6) is 0. The van der Waals surface area contributed by atoms with Crippen LogP contribution in [0.2, 0.25) is 0 Å². The second-order valence-electron chi connectivity index (χ2n) is 4.96. The standard InChI is InChI=1S/C12H18N2O/c1-8-6-9(4-5-13-8)14-10-7-11(15)12(10,2)3/h4-6,10-11,15H,7H2,1-3H3,(H,13,14). The van der Waals surface area contributed by atoms with Crippen LogP contribution >= 0.6 is 0 Å². The monoisotopic (exact) mass is 206 g/mol. The first-order chi connectivity index (χ1) is 7.00. The van der Waals surface area contributed by atoms with Crippen LogP contribution in [0.3, 0.4) is 0 Å². The lowest BCUT2D eigenvalue weighted by molar-refractivity contribution is -0.0510. The molecule has 0 spiro atoms. The predicted molar refractivity (Wildman–Crippen MR) is 60.8 cm³/mol. The molecule has 2 rings (SSSR count). The van der Waals surface area contributed by atoms with Crippen molar-refractivity contribution in [1.29, 1.82) is 0 Å². The lowest BCUT2D eigenvalue weighted by Gasteiger charge is -2.49. The minimum atomic E-state index is -0.182. The van der Waals surface area contributed by atoms with Crippen LogP contribution in [0.1, 0.15) is 26.0 Å². The van der Waals surface area contributed by atoms with Gasteiger partial charge in [0.05, 0.1) is 6.10 Å². The largest absolute Gasteiger partial charge is 0.392 e. The lowest BCUT2D eigenvalue weighted by Crippen LogP contribution is -2.56. The van der Waals surface area contributed by atoms with E-state index in [2.05, 4.69) is 24.1 Å². The van der Waals surface area contributed by atoms with E-state index in [0.717, 1.165) is 17.8 Å². The van der Waals surface area contributed by atoms with E-state index in [9.17, 15) is 5.11 Å². The van der Waals surface area contributed by atoms with E-state index in [1.165, 1.54) is 0 Å². The Labute approximate surface area is 90.5 Å². The zero-order valence-corrected chi connectivity index (χ0v) is 9.49. The van der Waals surface area contributed by atoms with Gasteiger partial charge in [0.1, 0.15) is 0 Å². The van der Waals surface area contributed by atoms with Crippen LogP contribution in [0.15, 0.2) is 18.3 Å². The number of aliphatic hydroxyl groups is 1. The van der Waals surface area contributed by atoms with E-state index >= 15 is 0 Å². The summed E-state index contributed by atoms with van der Waals surface area (Å²) in [6.07, 6.45) is 2.45. The maximum atomic E-state index is 9.63. The molecule has 1 heterocycles. The first kappa shape index (κ1) is 10.4. The molecular weight excluding hydrogens is 188 g/mol. The summed E-state index contributed by atoms with van der Waals surface area (Å²) in [6.45, 7) is 6.16. The van der Waals surface area contributed by atoms with Gasteiger partial charge in [-0.3, -0.25) is 4.98 Å². The van der Waals surface area contributed by atoms with Crippen LogP contribution < -0.4 is 5.32 Å². The summed E-state index contributed by atoms with van der Waals surface area (Å²) >= 11 is 0. The third-order valence-corrected chi connectivity index (χ3v) is 3.45. The van der Waals surface area contributed by atoms with Gasteiger partial charge in [0, 0.05) is 29.0 Å². The van der Waals surface area contributed by atoms with Crippen molar-refractivity contribution < 1.29 is 5.11 Å². The normalized spacial score (nSPS) is 28.3. The molecule has 0 amide bonds. The van der Waals surface area contributed by atoms with Gasteiger partial charge in [-0.2, -0.15) is 0 Å². The Morgan fingerprint density at radius 3 is 2.80 bits per heavy atom. The van der Waals surface area contributed by atoms with Crippen LogP contribution in [0, 0.1) is 12.3 Å². The molecule has 0 aliphatic heterocycles. The highest BCUT2D eigenvalue weighted by molar-refractivity contribution is 5.45. The molecule has 1 saturated carbocycles. The van der Waals surface area contributed by atoms with Gasteiger partial charge < -0.3 is 10.4 Å². The third kappa shape index (κ3) is 1.84. The molecule has 1 aromatic rings. The fourth-order valence-electron chi connectivity index (χ4n) is 1.98. The molecule has 2 atom stereocenters. The number of hydrogen-bond donors (Lipinski definition) is 2. The molecule has 0 aromatic carbocycles. The van der Waals surface area contributed by atoms with Crippen molar-refractivity contribution in [2.75, 3.05) is 5.32 Å². The average Bonchev–Trinajstić information content (AvgIpc) is 2.17. The first-order valence-electron chi connectivity index (χ1n) is 5.37. The molecule has 2 N–H and O–H groups in total. The number of aryl methyl sites for hydroxylation is 1. The SMILES string of the molecule is Cc1cc(NC2CC(O)C2(C)C)ccn1. The zero-order chi connectivity index (χ0) is 11.1. The van der Waals surface area contributed by atoms with Gasteiger partial charge in [-0.25, -0.2) is 0 Å². The van der Waals surface area contributed by atoms with Crippen molar-refractivity contribution in [3.8, 4) is 0 Å². The highest BCUT2D eigenvalue weighted by Crippen LogP contribution is 2.42. The van der Waals surface area contributed by atoms with Crippen molar-refractivity contribution in [3.05, 3.63) is 24.0 Å². The minimum absolute atomic E-state index is 0.0306. The van der Waals surface area contributed by atoms with E-state index in [1.54, 1.807) is 6.20 Å². The molecule has 1 aliphatic rings. The number of hydrogen-bond acceptors (Lipinski definition) is 3. The Morgan fingerprint density at radius 2 is 2.27 bits per heavy atom. The Bertz CT molecular complexity index is 362. The predicted octanol–water partition coefficient (Wildman–Crippen LogP) is 1.96. The van der Waals surface area contributed by atoms with Gasteiger partial charge in [0.15, 0.2) is 0 Å². The van der Waals surface area contributed by atoms with Crippen LogP contribution in [0.25, 0.3) is 0 Å². The number of anilines is 1. The highest BCUT2D eigenvalue weighted by atomic mass is 16.3. The van der Waals surface area contributed by atoms with E-state index in [0.29, 0.717) is 6.04 Å². The van der Waals surface area contributed by atoms with Crippen LogP contribution in [0.4, 0.5) is 5.69 Å². The van der Waals surface area contributed by atoms with E-state index in [1.807, 2.05) is 19.1 Å². The average molecular weight is 206 g/mol. The van der Waals surface area contributed by atoms with Crippen molar-refractivity contribution in [2.24, 2.45) is 5.41 Å². The van der Waals surface area contributed by atoms with Crippen molar-refractivity contribution in [3.63, 3.8) is 0 Å². The van der Waals surface area contributed by atoms with Crippen molar-refractivity contribution in [1.82, 2.24) is 4.98 Å². The van der Waals surface area contributed by atoms with Crippen molar-refractivity contribution in [2.45, 2.75) is 39.3 Å². The summed E-state index contributed by atoms with van der Waals surface area (Å²) in [7, 11) is 0. The van der Waals surface area contributed by atoms with Gasteiger partial charge >= 0.3 is 0 Å². The maximum absolute atomic E-state index is 9.63. The topological polar surface area (TPSA) is 45.1 Å². The summed E-state index contributed by atoms with van der Waals surface area (Å²) in [4.78, 5) is 4.15. The Morgan fingerprint density at radius 1 is 1.53 bits per heavy atom. The Balaban J connectivity index is 2.05. The van der Waals surface area contributed by atoms with Gasteiger partial charge in [-0.15, -0.1) is 0 Å². The first-order valence-corrected chi connectivity index (χ1v) is 5.37. The molecular formula is C12H18N2O. The number of nitrogens with one attached hydrogen (secondary N) is 1. The number of nitrogens with zero attached hydrogens (tertiary/aromatic N) is 1. The summed E-state index contributed by atoms with van der Waals surface area (Å²) in [5.41, 5.74) is 2.07. The summed E-state index contributed by atoms with van der Waals surface area (Å²) < 4.78 is 0. The van der Waals surface area contributed by atoms with Crippen LogP contribution in [-0.2, 0) is 0 Å². The van der Waals surface area contributed by atoms with Gasteiger partial charge in [-0.05, 0) is 25.5 Å². The summed E-state index contributed by atoms with van der Waals surface area (Å²) in [5, 5.41) is 13.1. The lowest BCUT2D eigenvalue weighted by atomic mass is 9.64. The third-order valence-electron chi connectivity index (χ3n) is 3.45. The van der Waals surface area contributed by atoms with Crippen LogP contribution in [0.5, 0.6) is 0 Å². The molecule has 3 nitrogen and oxygen atoms in total. The molecule has 1 aliphatic carbocycles. The zero-order valence-electron chi connectivity index (χ0n) is 9.49. The quantitative estimate of drug-likeness (QED) is 0.777. The molecule has 2 unspecified atom stereocenters. The molecule has 1 fully saturated rings. The molecule has 0 saturated heterocycles. The summed E-state index contributed by atoms with van der Waals surface area (Å²) in [6, 6.07) is 4.35. The van der Waals surface area contributed by atoms with E-state index in [4.69, 9.17) is 0 Å². The number of aromatic nitrogens is 1. The van der Waals surface area contributed by atoms with Gasteiger partial charge in [0.2, 0.25) is 0 Å². The second-order valence-corrected chi connectivity index (χ2v) is 4.96. The maximum Gasteiger partial charge on any atom is 0.0630 e. The molecule has 3 heteroatoms. The van der Waals surface area contributed by atoms with Crippen molar-refractivity contribution >= 4 is 5.69 Å². The molecule has 0 radical (unpaired) electrons. The molecule has 1 aromatic heterocycles. The number of pyridine rings is 1. The molecule has 0 bridgehead atoms. The number of rotatable bonds is 2. The van der Waals surface area contributed by atoms with Crippen LogP contribution in [-0.4, -0.2) is 22.2 Å². The van der Waals surface area contributed by atoms with Gasteiger partial charge in [-0.1, -0.05) is 13.8 Å². The fourth-order valence-corrected chi connectivity index (χ4v) is 1.98. The second kappa shape index (κ2) is 3.49. The Kier molecular flexibility index (Phi) is 2.43. The van der Waals surface area contributed by atoms with Gasteiger partial charge in [0.25, 0.3) is 0 Å². The molecule has 15 heavy (non-hydrogen) atoms. The fraction of sp³-hybridized carbons (Fsp3) is 0.583.